The molecule has 5 heteroatoms. The van der Waals surface area contributed by atoms with E-state index in [-0.39, 0.29) is 25.1 Å². The van der Waals surface area contributed by atoms with Gasteiger partial charge in [0.05, 0.1) is 19.8 Å². The number of carbonyl (C=O) groups excluding carboxylic acids is 1. The van der Waals surface area contributed by atoms with E-state index in [1.807, 2.05) is 31.2 Å². The Morgan fingerprint density at radius 2 is 2.04 bits per heavy atom. The van der Waals surface area contributed by atoms with Gasteiger partial charge in [-0.2, -0.15) is 0 Å². The summed E-state index contributed by atoms with van der Waals surface area (Å²) in [6.07, 6.45) is 0. The molecule has 1 unspecified atom stereocenters. The number of benzene rings is 2. The van der Waals surface area contributed by atoms with Gasteiger partial charge in [0.1, 0.15) is 5.75 Å². The number of hydrogen-bond donors (Lipinski definition) is 3. The summed E-state index contributed by atoms with van der Waals surface area (Å²) in [6, 6.07) is 13.4. The van der Waals surface area contributed by atoms with Crippen LogP contribution in [-0.2, 0) is 0 Å². The zero-order valence-electron chi connectivity index (χ0n) is 14.3. The monoisotopic (exact) mass is 328 g/mol. The standard InChI is InChI=1S/C19H24N2O3/c1-13-7-8-18(24-3)17(11-13)14(2)21-16-6-4-5-15(12-16)19(23)20-9-10-22/h4-8,11-12,14,21-22H,9-10H2,1-3H3,(H,20,23). The maximum atomic E-state index is 12.0. The number of anilines is 1. The Morgan fingerprint density at radius 1 is 1.25 bits per heavy atom. The maximum absolute atomic E-state index is 12.0. The van der Waals surface area contributed by atoms with Crippen molar-refractivity contribution in [1.82, 2.24) is 5.32 Å². The maximum Gasteiger partial charge on any atom is 0.251 e. The van der Waals surface area contributed by atoms with Gasteiger partial charge in [0.15, 0.2) is 0 Å². The van der Waals surface area contributed by atoms with Crippen LogP contribution in [0, 0.1) is 6.92 Å². The van der Waals surface area contributed by atoms with E-state index >= 15 is 0 Å². The summed E-state index contributed by atoms with van der Waals surface area (Å²) in [6.45, 7) is 4.26. The summed E-state index contributed by atoms with van der Waals surface area (Å²) in [5.74, 6) is 0.630. The third kappa shape index (κ3) is 4.49. The molecule has 24 heavy (non-hydrogen) atoms. The number of aliphatic hydroxyl groups is 1. The van der Waals surface area contributed by atoms with E-state index < -0.39 is 0 Å². The van der Waals surface area contributed by atoms with Gasteiger partial charge in [0.25, 0.3) is 5.91 Å². The number of aryl methyl sites for hydroxylation is 1. The van der Waals surface area contributed by atoms with Crippen molar-refractivity contribution >= 4 is 11.6 Å². The number of nitrogens with one attached hydrogen (secondary N) is 2. The van der Waals surface area contributed by atoms with E-state index in [2.05, 4.69) is 23.6 Å². The van der Waals surface area contributed by atoms with Crippen LogP contribution in [0.25, 0.3) is 0 Å². The molecular formula is C19H24N2O3. The number of ether oxygens (including phenoxy) is 1. The van der Waals surface area contributed by atoms with Crippen LogP contribution in [-0.4, -0.2) is 31.3 Å². The van der Waals surface area contributed by atoms with Crippen LogP contribution in [0.2, 0.25) is 0 Å². The van der Waals surface area contributed by atoms with Crippen molar-refractivity contribution in [2.45, 2.75) is 19.9 Å². The number of rotatable bonds is 7. The molecule has 0 aliphatic rings. The SMILES string of the molecule is COc1ccc(C)cc1C(C)Nc1cccc(C(=O)NCCO)c1. The van der Waals surface area contributed by atoms with E-state index in [4.69, 9.17) is 9.84 Å². The van der Waals surface area contributed by atoms with Crippen molar-refractivity contribution in [1.29, 1.82) is 0 Å². The van der Waals surface area contributed by atoms with E-state index in [1.54, 1.807) is 19.2 Å². The molecule has 0 aromatic heterocycles. The molecule has 128 valence electrons. The molecule has 0 saturated heterocycles. The lowest BCUT2D eigenvalue weighted by molar-refractivity contribution is 0.0945. The van der Waals surface area contributed by atoms with Crippen molar-refractivity contribution in [3.05, 3.63) is 59.2 Å². The fourth-order valence-corrected chi connectivity index (χ4v) is 2.54. The molecule has 3 N–H and O–H groups in total. The fourth-order valence-electron chi connectivity index (χ4n) is 2.54. The Bertz CT molecular complexity index is 701. The highest BCUT2D eigenvalue weighted by atomic mass is 16.5. The second-order valence-electron chi connectivity index (χ2n) is 5.67. The molecule has 0 bridgehead atoms. The third-order valence-corrected chi connectivity index (χ3v) is 3.76. The van der Waals surface area contributed by atoms with Crippen LogP contribution >= 0.6 is 0 Å². The number of methoxy groups -OCH3 is 1. The second-order valence-corrected chi connectivity index (χ2v) is 5.67. The number of carbonyl (C=O) groups is 1. The molecule has 1 atom stereocenters. The molecule has 2 aromatic rings. The molecule has 0 fully saturated rings. The average molecular weight is 328 g/mol. The quantitative estimate of drug-likeness (QED) is 0.731. The number of amides is 1. The molecule has 2 aromatic carbocycles. The minimum absolute atomic E-state index is 0.0237. The number of aliphatic hydroxyl groups excluding tert-OH is 1. The first-order valence-corrected chi connectivity index (χ1v) is 7.95. The summed E-state index contributed by atoms with van der Waals surface area (Å²) in [5, 5.41) is 14.8. The molecule has 0 radical (unpaired) electrons. The van der Waals surface area contributed by atoms with Crippen LogP contribution in [0.4, 0.5) is 5.69 Å². The van der Waals surface area contributed by atoms with E-state index in [0.717, 1.165) is 22.6 Å². The lowest BCUT2D eigenvalue weighted by Gasteiger charge is -2.19. The van der Waals surface area contributed by atoms with Crippen LogP contribution in [0.5, 0.6) is 5.75 Å². The van der Waals surface area contributed by atoms with Gasteiger partial charge in [-0.1, -0.05) is 23.8 Å². The number of hydrogen-bond acceptors (Lipinski definition) is 4. The van der Waals surface area contributed by atoms with Crippen LogP contribution < -0.4 is 15.4 Å². The predicted octanol–water partition coefficient (Wildman–Crippen LogP) is 2.90. The van der Waals surface area contributed by atoms with Crippen LogP contribution in [0.15, 0.2) is 42.5 Å². The molecule has 0 aliphatic heterocycles. The van der Waals surface area contributed by atoms with Gasteiger partial charge < -0.3 is 20.5 Å². The van der Waals surface area contributed by atoms with Crippen molar-refractivity contribution in [3.63, 3.8) is 0 Å². The van der Waals surface area contributed by atoms with Crippen molar-refractivity contribution in [2.75, 3.05) is 25.6 Å². The highest BCUT2D eigenvalue weighted by molar-refractivity contribution is 5.95. The minimum atomic E-state index is -0.200. The molecular weight excluding hydrogens is 304 g/mol. The average Bonchev–Trinajstić information content (AvgIpc) is 2.59. The topological polar surface area (TPSA) is 70.6 Å². The summed E-state index contributed by atoms with van der Waals surface area (Å²) >= 11 is 0. The summed E-state index contributed by atoms with van der Waals surface area (Å²) in [5.41, 5.74) is 3.63. The minimum Gasteiger partial charge on any atom is -0.496 e. The zero-order chi connectivity index (χ0) is 17.5. The first kappa shape index (κ1) is 17.8. The molecule has 1 amide bonds. The normalized spacial score (nSPS) is 11.7. The first-order chi connectivity index (χ1) is 11.5. The summed E-state index contributed by atoms with van der Waals surface area (Å²) in [4.78, 5) is 12.0. The van der Waals surface area contributed by atoms with Crippen molar-refractivity contribution < 1.29 is 14.6 Å². The van der Waals surface area contributed by atoms with E-state index in [1.165, 1.54) is 0 Å². The lowest BCUT2D eigenvalue weighted by atomic mass is 10.0. The van der Waals surface area contributed by atoms with Gasteiger partial charge in [0.2, 0.25) is 0 Å². The molecule has 0 aliphatic carbocycles. The molecule has 0 heterocycles. The largest absolute Gasteiger partial charge is 0.496 e. The fraction of sp³-hybridized carbons (Fsp3) is 0.316. The van der Waals surface area contributed by atoms with Crippen LogP contribution in [0.3, 0.4) is 0 Å². The molecule has 0 saturated carbocycles. The van der Waals surface area contributed by atoms with E-state index in [9.17, 15) is 4.79 Å². The van der Waals surface area contributed by atoms with Gasteiger partial charge in [0, 0.05) is 23.4 Å². The Balaban J connectivity index is 2.16. The zero-order valence-corrected chi connectivity index (χ0v) is 14.3. The highest BCUT2D eigenvalue weighted by Gasteiger charge is 2.13. The Labute approximate surface area is 142 Å². The molecule has 0 spiro atoms. The smallest absolute Gasteiger partial charge is 0.251 e. The van der Waals surface area contributed by atoms with E-state index in [0.29, 0.717) is 5.56 Å². The molecule has 5 nitrogen and oxygen atoms in total. The summed E-state index contributed by atoms with van der Waals surface area (Å²) < 4.78 is 5.44. The van der Waals surface area contributed by atoms with Gasteiger partial charge in [-0.3, -0.25) is 4.79 Å². The summed E-state index contributed by atoms with van der Waals surface area (Å²) in [7, 11) is 1.66. The Hall–Kier alpha value is -2.53. The lowest BCUT2D eigenvalue weighted by Crippen LogP contribution is -2.26. The van der Waals surface area contributed by atoms with Gasteiger partial charge in [-0.25, -0.2) is 0 Å². The Kier molecular flexibility index (Phi) is 6.21. The van der Waals surface area contributed by atoms with Crippen molar-refractivity contribution in [3.8, 4) is 5.75 Å². The predicted molar refractivity (Wildman–Crippen MR) is 95.6 cm³/mol. The second kappa shape index (κ2) is 8.36. The first-order valence-electron chi connectivity index (χ1n) is 7.95. The highest BCUT2D eigenvalue weighted by Crippen LogP contribution is 2.28. The van der Waals surface area contributed by atoms with Crippen molar-refractivity contribution in [2.24, 2.45) is 0 Å². The van der Waals surface area contributed by atoms with Gasteiger partial charge in [-0.15, -0.1) is 0 Å². The van der Waals surface area contributed by atoms with Crippen LogP contribution in [0.1, 0.15) is 34.5 Å². The third-order valence-electron chi connectivity index (χ3n) is 3.76. The van der Waals surface area contributed by atoms with Gasteiger partial charge >= 0.3 is 0 Å². The Morgan fingerprint density at radius 3 is 2.75 bits per heavy atom. The van der Waals surface area contributed by atoms with Gasteiger partial charge in [-0.05, 0) is 38.1 Å². The molecule has 2 rings (SSSR count).